The molecule has 8 heteroatoms. The van der Waals surface area contributed by atoms with Crippen LogP contribution in [-0.4, -0.2) is 38.4 Å². The molecule has 2 unspecified atom stereocenters. The zero-order valence-electron chi connectivity index (χ0n) is 18.9. The molecule has 6 nitrogen and oxygen atoms in total. The topological polar surface area (TPSA) is 104 Å². The Morgan fingerprint density at radius 3 is 1.97 bits per heavy atom. The molecule has 0 aliphatic heterocycles. The van der Waals surface area contributed by atoms with Gasteiger partial charge in [0.1, 0.15) is 0 Å². The summed E-state index contributed by atoms with van der Waals surface area (Å²) in [5.74, 6) is 0. The molecule has 1 aromatic rings. The zero-order chi connectivity index (χ0) is 23.3. The van der Waals surface area contributed by atoms with Crippen LogP contribution in [0.5, 0.6) is 0 Å². The van der Waals surface area contributed by atoms with Crippen LogP contribution in [0.3, 0.4) is 0 Å². The van der Waals surface area contributed by atoms with Gasteiger partial charge < -0.3 is 10.2 Å². The Morgan fingerprint density at radius 1 is 0.933 bits per heavy atom. The fraction of sp³-hybridized carbons (Fsp3) is 0.545. The van der Waals surface area contributed by atoms with Crippen LogP contribution >= 0.6 is 0 Å². The molecule has 30 heavy (non-hydrogen) atoms. The number of hydrogen-bond donors (Lipinski definition) is 2. The van der Waals surface area contributed by atoms with Crippen molar-refractivity contribution in [3.05, 3.63) is 53.1 Å². The third-order valence-electron chi connectivity index (χ3n) is 5.08. The Morgan fingerprint density at radius 2 is 1.50 bits per heavy atom. The predicted molar refractivity (Wildman–Crippen MR) is 121 cm³/mol. The highest BCUT2D eigenvalue weighted by molar-refractivity contribution is 8.04. The lowest BCUT2D eigenvalue weighted by molar-refractivity contribution is 0.0754. The molecule has 1 aliphatic carbocycles. The van der Waals surface area contributed by atoms with Gasteiger partial charge in [-0.05, 0) is 67.0 Å². The second-order valence-electron chi connectivity index (χ2n) is 9.78. The lowest BCUT2D eigenvalue weighted by Gasteiger charge is -2.33. The number of allylic oxidation sites excluding steroid dienone is 2. The van der Waals surface area contributed by atoms with Crippen LogP contribution in [0, 0.1) is 6.92 Å². The number of aryl methyl sites for hydroxylation is 1. The molecule has 1 aliphatic rings. The summed E-state index contributed by atoms with van der Waals surface area (Å²) >= 11 is 0. The quantitative estimate of drug-likeness (QED) is 0.702. The smallest absolute Gasteiger partial charge is 0.290 e. The monoisotopic (exact) mass is 455 g/mol. The van der Waals surface area contributed by atoms with E-state index in [9.17, 15) is 22.8 Å². The third kappa shape index (κ3) is 4.72. The average molecular weight is 456 g/mol. The van der Waals surface area contributed by atoms with Gasteiger partial charge in [0.25, 0.3) is 10.0 Å². The summed E-state index contributed by atoms with van der Waals surface area (Å²) in [5.41, 5.74) is -1.29. The van der Waals surface area contributed by atoms with Gasteiger partial charge in [-0.3, -0.25) is 0 Å². The predicted octanol–water partition coefficient (Wildman–Crippen LogP) is 3.81. The first kappa shape index (κ1) is 24.8. The van der Waals surface area contributed by atoms with Crippen LogP contribution in [0.4, 0.5) is 0 Å². The highest BCUT2D eigenvalue weighted by atomic mass is 32.3. The van der Waals surface area contributed by atoms with Gasteiger partial charge >= 0.3 is 0 Å². The van der Waals surface area contributed by atoms with Crippen molar-refractivity contribution in [3.63, 3.8) is 0 Å². The molecule has 0 amide bonds. The Bertz CT molecular complexity index is 1120. The molecular formula is C22H33NO5S2. The molecule has 0 spiro atoms. The number of aliphatic hydroxyl groups is 2. The molecule has 1 aromatic carbocycles. The molecule has 0 saturated carbocycles. The molecule has 0 fully saturated rings. The highest BCUT2D eigenvalue weighted by Gasteiger charge is 2.43. The second-order valence-corrected chi connectivity index (χ2v) is 14.6. The normalized spacial score (nSPS) is 20.1. The van der Waals surface area contributed by atoms with E-state index in [2.05, 4.69) is 3.77 Å². The summed E-state index contributed by atoms with van der Waals surface area (Å²) in [5, 5.41) is 20.2. The van der Waals surface area contributed by atoms with Crippen molar-refractivity contribution in [1.29, 1.82) is 0 Å². The summed E-state index contributed by atoms with van der Waals surface area (Å²) in [4.78, 5) is -0.173. The van der Waals surface area contributed by atoms with E-state index in [0.29, 0.717) is 5.57 Å². The lowest BCUT2D eigenvalue weighted by atomic mass is 9.97. The van der Waals surface area contributed by atoms with E-state index < -0.39 is 41.0 Å². The molecule has 0 bridgehead atoms. The summed E-state index contributed by atoms with van der Waals surface area (Å²) in [6.07, 6.45) is 4.96. The Labute approximate surface area is 181 Å². The van der Waals surface area contributed by atoms with E-state index in [0.717, 1.165) is 5.56 Å². The van der Waals surface area contributed by atoms with Gasteiger partial charge in [0.05, 0.1) is 31.1 Å². The minimum Gasteiger partial charge on any atom is -0.386 e. The van der Waals surface area contributed by atoms with Gasteiger partial charge in [0, 0.05) is 10.3 Å². The Hall–Kier alpha value is -1.48. The molecule has 2 N–H and O–H groups in total. The van der Waals surface area contributed by atoms with Crippen LogP contribution in [0.15, 0.2) is 50.7 Å². The van der Waals surface area contributed by atoms with Crippen LogP contribution in [0.2, 0.25) is 0 Å². The maximum absolute atomic E-state index is 14.3. The molecule has 2 rings (SSSR count). The molecule has 168 valence electrons. The Kier molecular flexibility index (Phi) is 6.27. The Balaban J connectivity index is 2.84. The van der Waals surface area contributed by atoms with E-state index in [1.165, 1.54) is 19.9 Å². The largest absolute Gasteiger partial charge is 0.386 e. The van der Waals surface area contributed by atoms with E-state index in [-0.39, 0.29) is 10.5 Å². The van der Waals surface area contributed by atoms with Crippen LogP contribution in [0.25, 0.3) is 0 Å². The zero-order valence-corrected chi connectivity index (χ0v) is 20.6. The summed E-state index contributed by atoms with van der Waals surface area (Å²) in [6, 6.07) is 4.61. The van der Waals surface area contributed by atoms with Gasteiger partial charge in [-0.25, -0.2) is 4.21 Å². The van der Waals surface area contributed by atoms with Crippen molar-refractivity contribution in [2.75, 3.05) is 0 Å². The van der Waals surface area contributed by atoms with Gasteiger partial charge in [0.15, 0.2) is 0 Å². The highest BCUT2D eigenvalue weighted by Crippen LogP contribution is 2.38. The fourth-order valence-electron chi connectivity index (χ4n) is 3.36. The molecule has 0 heterocycles. The summed E-state index contributed by atoms with van der Waals surface area (Å²) in [6.45, 7) is 13.0. The van der Waals surface area contributed by atoms with Gasteiger partial charge in [-0.1, -0.05) is 35.9 Å². The van der Waals surface area contributed by atoms with E-state index in [1.807, 2.05) is 0 Å². The van der Waals surface area contributed by atoms with Crippen LogP contribution in [0.1, 0.15) is 59.6 Å². The van der Waals surface area contributed by atoms with Crippen molar-refractivity contribution in [2.45, 2.75) is 81.5 Å². The van der Waals surface area contributed by atoms with E-state index >= 15 is 0 Å². The number of hydrogen-bond acceptors (Lipinski definition) is 5. The molecule has 0 aromatic heterocycles. The van der Waals surface area contributed by atoms with Crippen molar-refractivity contribution in [2.24, 2.45) is 3.77 Å². The van der Waals surface area contributed by atoms with Crippen molar-refractivity contribution >= 4 is 19.8 Å². The minimum absolute atomic E-state index is 0.173. The second kappa shape index (κ2) is 7.58. The van der Waals surface area contributed by atoms with Gasteiger partial charge in [-0.15, -0.1) is 3.77 Å². The summed E-state index contributed by atoms with van der Waals surface area (Å²) in [7, 11) is -7.85. The average Bonchev–Trinajstić information content (AvgIpc) is 3.02. The number of rotatable bonds is 5. The SMILES string of the molecule is Cc1ccc(S(=O)(=O)N=S(=O)(C2C=CC=C2C(C)(C)O)C(C)(C)C)c(C(C)(C)O)c1. The van der Waals surface area contributed by atoms with E-state index in [1.54, 1.807) is 71.9 Å². The molecule has 0 radical (unpaired) electrons. The maximum Gasteiger partial charge on any atom is 0.290 e. The lowest BCUT2D eigenvalue weighted by Crippen LogP contribution is -2.41. The van der Waals surface area contributed by atoms with Crippen molar-refractivity contribution in [1.82, 2.24) is 0 Å². The first-order chi connectivity index (χ1) is 13.3. The molecule has 0 saturated heterocycles. The number of sulfonamides is 1. The molecule has 2 atom stereocenters. The first-order valence-electron chi connectivity index (χ1n) is 9.77. The van der Waals surface area contributed by atoms with E-state index in [4.69, 9.17) is 0 Å². The fourth-order valence-corrected chi connectivity index (χ4v) is 8.72. The van der Waals surface area contributed by atoms with Gasteiger partial charge in [0.2, 0.25) is 0 Å². The standard InChI is InChI=1S/C22H33NO5S2/c1-15-12-13-19(17(14-15)22(7,8)25)30(27,28)23-29(26,20(2,3)4)18-11-9-10-16(18)21(5,6)24/h9-14,18,24-25H,1-8H3. The van der Waals surface area contributed by atoms with Crippen LogP contribution in [-0.2, 0) is 25.4 Å². The minimum atomic E-state index is -4.39. The third-order valence-corrected chi connectivity index (χ3v) is 10.5. The van der Waals surface area contributed by atoms with Crippen molar-refractivity contribution in [3.8, 4) is 0 Å². The number of nitrogens with zero attached hydrogens (tertiary/aromatic N) is 1. The number of benzene rings is 1. The maximum atomic E-state index is 14.3. The van der Waals surface area contributed by atoms with Crippen molar-refractivity contribution < 1.29 is 22.8 Å². The molecular weight excluding hydrogens is 422 g/mol. The van der Waals surface area contributed by atoms with Gasteiger partial charge in [-0.2, -0.15) is 8.42 Å². The first-order valence-corrected chi connectivity index (χ1v) is 12.8. The summed E-state index contributed by atoms with van der Waals surface area (Å²) < 4.78 is 44.1. The van der Waals surface area contributed by atoms with Crippen LogP contribution < -0.4 is 0 Å².